The van der Waals surface area contributed by atoms with E-state index < -0.39 is 0 Å². The summed E-state index contributed by atoms with van der Waals surface area (Å²) in [5.41, 5.74) is 7.97. The van der Waals surface area contributed by atoms with E-state index in [2.05, 4.69) is 9.97 Å². The molecule has 0 amide bonds. The van der Waals surface area contributed by atoms with Gasteiger partial charge in [0.1, 0.15) is 0 Å². The van der Waals surface area contributed by atoms with E-state index in [4.69, 9.17) is 22.1 Å². The van der Waals surface area contributed by atoms with Gasteiger partial charge in [0.2, 0.25) is 0 Å². The largest absolute Gasteiger partial charge is 0.467 e. The second kappa shape index (κ2) is 4.37. The number of nitrogens with zero attached hydrogens (tertiary/aromatic N) is 2. The molecule has 0 unspecified atom stereocenters. The lowest BCUT2D eigenvalue weighted by atomic mass is 10.1. The first-order valence-corrected chi connectivity index (χ1v) is 5.00. The smallest absolute Gasteiger partial charge is 0.316 e. The number of hydrogen-bond acceptors (Lipinski definition) is 4. The van der Waals surface area contributed by atoms with Crippen molar-refractivity contribution >= 4 is 17.3 Å². The van der Waals surface area contributed by atoms with Crippen LogP contribution in [-0.2, 0) is 0 Å². The molecule has 0 fully saturated rings. The molecule has 0 radical (unpaired) electrons. The summed E-state index contributed by atoms with van der Waals surface area (Å²) >= 11 is 5.93. The fourth-order valence-electron chi connectivity index (χ4n) is 1.28. The Bertz CT molecular complexity index is 499. The highest BCUT2D eigenvalue weighted by molar-refractivity contribution is 6.33. The minimum atomic E-state index is 0.338. The third-order valence-corrected chi connectivity index (χ3v) is 2.47. The van der Waals surface area contributed by atoms with E-state index in [1.165, 1.54) is 7.11 Å². The quantitative estimate of drug-likeness (QED) is 0.812. The number of anilines is 1. The van der Waals surface area contributed by atoms with Crippen LogP contribution in [0.15, 0.2) is 30.6 Å². The van der Waals surface area contributed by atoms with Crippen LogP contribution in [0.1, 0.15) is 0 Å². The Labute approximate surface area is 98.0 Å². The van der Waals surface area contributed by atoms with E-state index >= 15 is 0 Å². The van der Waals surface area contributed by atoms with E-state index in [1.807, 2.05) is 6.07 Å². The highest BCUT2D eigenvalue weighted by Crippen LogP contribution is 2.26. The Morgan fingerprint density at radius 1 is 1.19 bits per heavy atom. The van der Waals surface area contributed by atoms with E-state index in [9.17, 15) is 0 Å². The van der Waals surface area contributed by atoms with Crippen LogP contribution in [0.4, 0.5) is 5.69 Å². The molecule has 2 rings (SSSR count). The summed E-state index contributed by atoms with van der Waals surface area (Å²) in [5.74, 6) is 0. The first-order chi connectivity index (χ1) is 7.70. The van der Waals surface area contributed by atoms with Crippen molar-refractivity contribution in [2.75, 3.05) is 12.8 Å². The number of aromatic nitrogens is 2. The molecular formula is C11H10ClN3O. The van der Waals surface area contributed by atoms with Crippen molar-refractivity contribution in [2.24, 2.45) is 0 Å². The number of methoxy groups -OCH3 is 1. The van der Waals surface area contributed by atoms with Gasteiger partial charge in [-0.1, -0.05) is 17.7 Å². The summed E-state index contributed by atoms with van der Waals surface area (Å²) in [6, 6.07) is 5.74. The average Bonchev–Trinajstić information content (AvgIpc) is 2.33. The van der Waals surface area contributed by atoms with E-state index in [0.29, 0.717) is 16.7 Å². The zero-order valence-electron chi connectivity index (χ0n) is 8.64. The molecule has 5 heteroatoms. The molecule has 0 aliphatic heterocycles. The van der Waals surface area contributed by atoms with Crippen molar-refractivity contribution in [1.29, 1.82) is 0 Å². The van der Waals surface area contributed by atoms with Crippen LogP contribution >= 0.6 is 11.6 Å². The Morgan fingerprint density at radius 2 is 1.88 bits per heavy atom. The SMILES string of the molecule is COc1ncc(-c2ccc(N)c(Cl)c2)cn1. The molecule has 0 saturated carbocycles. The molecule has 0 atom stereocenters. The van der Waals surface area contributed by atoms with Crippen LogP contribution < -0.4 is 10.5 Å². The predicted molar refractivity (Wildman–Crippen MR) is 63.4 cm³/mol. The minimum absolute atomic E-state index is 0.338. The first kappa shape index (κ1) is 10.7. The van der Waals surface area contributed by atoms with Gasteiger partial charge in [-0.05, 0) is 17.7 Å². The van der Waals surface area contributed by atoms with Crippen molar-refractivity contribution in [3.8, 4) is 17.1 Å². The van der Waals surface area contributed by atoms with E-state index in [-0.39, 0.29) is 0 Å². The molecule has 0 aliphatic rings. The molecule has 1 heterocycles. The van der Waals surface area contributed by atoms with Crippen molar-refractivity contribution in [2.45, 2.75) is 0 Å². The zero-order chi connectivity index (χ0) is 11.5. The summed E-state index contributed by atoms with van der Waals surface area (Å²) in [4.78, 5) is 8.04. The molecule has 4 nitrogen and oxygen atoms in total. The lowest BCUT2D eigenvalue weighted by Gasteiger charge is -2.04. The van der Waals surface area contributed by atoms with E-state index in [0.717, 1.165) is 11.1 Å². The fourth-order valence-corrected chi connectivity index (χ4v) is 1.46. The molecule has 0 spiro atoms. The molecule has 2 N–H and O–H groups in total. The second-order valence-electron chi connectivity index (χ2n) is 3.19. The minimum Gasteiger partial charge on any atom is -0.467 e. The number of halogens is 1. The van der Waals surface area contributed by atoms with Gasteiger partial charge in [-0.2, -0.15) is 0 Å². The summed E-state index contributed by atoms with van der Waals surface area (Å²) in [6.45, 7) is 0. The third-order valence-electron chi connectivity index (χ3n) is 2.14. The van der Waals surface area contributed by atoms with Crippen LogP contribution in [0.5, 0.6) is 6.01 Å². The highest BCUT2D eigenvalue weighted by Gasteiger charge is 2.03. The monoisotopic (exact) mass is 235 g/mol. The average molecular weight is 236 g/mol. The predicted octanol–water partition coefficient (Wildman–Crippen LogP) is 2.39. The Morgan fingerprint density at radius 3 is 2.44 bits per heavy atom. The molecule has 1 aromatic carbocycles. The topological polar surface area (TPSA) is 61.0 Å². The van der Waals surface area contributed by atoms with Gasteiger partial charge >= 0.3 is 6.01 Å². The molecule has 0 saturated heterocycles. The molecule has 0 bridgehead atoms. The number of benzene rings is 1. The number of ether oxygens (including phenoxy) is 1. The number of nitrogen functional groups attached to an aromatic ring is 1. The maximum Gasteiger partial charge on any atom is 0.316 e. The van der Waals surface area contributed by atoms with Gasteiger partial charge in [-0.25, -0.2) is 9.97 Å². The molecule has 2 aromatic rings. The van der Waals surface area contributed by atoms with Gasteiger partial charge in [-0.3, -0.25) is 0 Å². The van der Waals surface area contributed by atoms with Gasteiger partial charge < -0.3 is 10.5 Å². The fraction of sp³-hybridized carbons (Fsp3) is 0.0909. The van der Waals surface area contributed by atoms with Crippen LogP contribution in [0.2, 0.25) is 5.02 Å². The summed E-state index contributed by atoms with van der Waals surface area (Å²) < 4.78 is 4.88. The van der Waals surface area contributed by atoms with Gasteiger partial charge in [0.25, 0.3) is 0 Å². The van der Waals surface area contributed by atoms with Crippen molar-refractivity contribution < 1.29 is 4.74 Å². The third kappa shape index (κ3) is 2.06. The van der Waals surface area contributed by atoms with Crippen LogP contribution in [-0.4, -0.2) is 17.1 Å². The second-order valence-corrected chi connectivity index (χ2v) is 3.60. The van der Waals surface area contributed by atoms with Crippen molar-refractivity contribution in [3.05, 3.63) is 35.6 Å². The summed E-state index contributed by atoms with van der Waals surface area (Å²) in [6.07, 6.45) is 3.35. The van der Waals surface area contributed by atoms with Gasteiger partial charge in [0.05, 0.1) is 17.8 Å². The molecule has 1 aromatic heterocycles. The summed E-state index contributed by atoms with van der Waals surface area (Å²) in [7, 11) is 1.52. The number of nitrogens with two attached hydrogens (primary N) is 1. The normalized spacial score (nSPS) is 10.1. The zero-order valence-corrected chi connectivity index (χ0v) is 9.40. The van der Waals surface area contributed by atoms with Gasteiger partial charge in [0, 0.05) is 18.0 Å². The Hall–Kier alpha value is -1.81. The molecule has 16 heavy (non-hydrogen) atoms. The van der Waals surface area contributed by atoms with Gasteiger partial charge in [-0.15, -0.1) is 0 Å². The maximum atomic E-state index is 5.93. The van der Waals surface area contributed by atoms with Crippen molar-refractivity contribution in [3.63, 3.8) is 0 Å². The Balaban J connectivity index is 2.38. The van der Waals surface area contributed by atoms with Crippen molar-refractivity contribution in [1.82, 2.24) is 9.97 Å². The molecular weight excluding hydrogens is 226 g/mol. The standard InChI is InChI=1S/C11H10ClN3O/c1-16-11-14-5-8(6-15-11)7-2-3-10(13)9(12)4-7/h2-6H,13H2,1H3. The maximum absolute atomic E-state index is 5.93. The Kier molecular flexibility index (Phi) is 2.92. The number of hydrogen-bond donors (Lipinski definition) is 1. The lowest BCUT2D eigenvalue weighted by Crippen LogP contribution is -1.92. The number of rotatable bonds is 2. The molecule has 0 aliphatic carbocycles. The summed E-state index contributed by atoms with van der Waals surface area (Å²) in [5, 5.41) is 0.522. The van der Waals surface area contributed by atoms with E-state index in [1.54, 1.807) is 24.5 Å². The van der Waals surface area contributed by atoms with Crippen LogP contribution in [0.25, 0.3) is 11.1 Å². The van der Waals surface area contributed by atoms with Crippen LogP contribution in [0.3, 0.4) is 0 Å². The molecule has 82 valence electrons. The first-order valence-electron chi connectivity index (χ1n) is 4.62. The van der Waals surface area contributed by atoms with Gasteiger partial charge in [0.15, 0.2) is 0 Å². The highest BCUT2D eigenvalue weighted by atomic mass is 35.5. The van der Waals surface area contributed by atoms with Crippen LogP contribution in [0, 0.1) is 0 Å². The lowest BCUT2D eigenvalue weighted by molar-refractivity contribution is 0.380.